The van der Waals surface area contributed by atoms with E-state index in [0.717, 1.165) is 18.5 Å². The molecule has 5 nitrogen and oxygen atoms in total. The van der Waals surface area contributed by atoms with Crippen LogP contribution in [0, 0.1) is 13.8 Å². The van der Waals surface area contributed by atoms with E-state index >= 15 is 0 Å². The lowest BCUT2D eigenvalue weighted by molar-refractivity contribution is 0.0946. The predicted octanol–water partition coefficient (Wildman–Crippen LogP) is 2.73. The molecule has 108 valence electrons. The Bertz CT molecular complexity index is 659. The summed E-state index contributed by atoms with van der Waals surface area (Å²) in [4.78, 5) is 20.4. The highest BCUT2D eigenvalue weighted by Crippen LogP contribution is 2.20. The number of carbonyl (C=O) groups is 1. The highest BCUT2D eigenvalue weighted by molar-refractivity contribution is 5.92. The van der Waals surface area contributed by atoms with Crippen molar-refractivity contribution in [2.45, 2.75) is 32.7 Å². The van der Waals surface area contributed by atoms with Gasteiger partial charge < -0.3 is 10.6 Å². The van der Waals surface area contributed by atoms with Crippen LogP contribution in [-0.4, -0.2) is 21.9 Å². The quantitative estimate of drug-likeness (QED) is 0.905. The summed E-state index contributed by atoms with van der Waals surface area (Å²) in [6.45, 7) is 4.08. The van der Waals surface area contributed by atoms with E-state index in [1.807, 2.05) is 26.0 Å². The van der Waals surface area contributed by atoms with Crippen molar-refractivity contribution in [3.8, 4) is 0 Å². The van der Waals surface area contributed by atoms with Crippen molar-refractivity contribution in [1.82, 2.24) is 15.3 Å². The predicted molar refractivity (Wildman–Crippen MR) is 81.7 cm³/mol. The van der Waals surface area contributed by atoms with Crippen LogP contribution in [0.1, 0.15) is 34.5 Å². The van der Waals surface area contributed by atoms with E-state index in [9.17, 15) is 4.79 Å². The average Bonchev–Trinajstić information content (AvgIpc) is 3.21. The first-order valence-corrected chi connectivity index (χ1v) is 7.09. The van der Waals surface area contributed by atoms with Crippen LogP contribution in [0.15, 0.2) is 30.5 Å². The molecule has 0 unspecified atom stereocenters. The van der Waals surface area contributed by atoms with Crippen LogP contribution in [-0.2, 0) is 0 Å². The molecule has 1 aliphatic rings. The van der Waals surface area contributed by atoms with Gasteiger partial charge >= 0.3 is 0 Å². The third kappa shape index (κ3) is 3.56. The van der Waals surface area contributed by atoms with Crippen LogP contribution in [0.25, 0.3) is 0 Å². The lowest BCUT2D eigenvalue weighted by Crippen LogP contribution is -2.26. The normalized spacial score (nSPS) is 13.8. The van der Waals surface area contributed by atoms with Crippen molar-refractivity contribution >= 4 is 17.5 Å². The van der Waals surface area contributed by atoms with Crippen molar-refractivity contribution < 1.29 is 4.79 Å². The lowest BCUT2D eigenvalue weighted by Gasteiger charge is -2.08. The molecule has 2 aromatic rings. The number of amides is 1. The van der Waals surface area contributed by atoms with Crippen molar-refractivity contribution in [3.63, 3.8) is 0 Å². The van der Waals surface area contributed by atoms with Crippen molar-refractivity contribution in [1.29, 1.82) is 0 Å². The monoisotopic (exact) mass is 282 g/mol. The number of aromatic nitrogens is 2. The van der Waals surface area contributed by atoms with Crippen LogP contribution >= 0.6 is 0 Å². The minimum Gasteiger partial charge on any atom is -0.348 e. The van der Waals surface area contributed by atoms with Crippen LogP contribution in [0.4, 0.5) is 11.6 Å². The van der Waals surface area contributed by atoms with Gasteiger partial charge in [0, 0.05) is 17.9 Å². The average molecular weight is 282 g/mol. The fourth-order valence-electron chi connectivity index (χ4n) is 2.21. The van der Waals surface area contributed by atoms with Gasteiger partial charge in [0.1, 0.15) is 5.69 Å². The number of anilines is 2. The summed E-state index contributed by atoms with van der Waals surface area (Å²) < 4.78 is 0. The summed E-state index contributed by atoms with van der Waals surface area (Å²) in [5, 5.41) is 6.07. The molecule has 1 saturated carbocycles. The van der Waals surface area contributed by atoms with Crippen molar-refractivity contribution in [2.75, 3.05) is 5.32 Å². The number of benzene rings is 1. The second kappa shape index (κ2) is 5.52. The second-order valence-electron chi connectivity index (χ2n) is 5.51. The number of rotatable bonds is 4. The Morgan fingerprint density at radius 3 is 2.57 bits per heavy atom. The summed E-state index contributed by atoms with van der Waals surface area (Å²) in [5.41, 5.74) is 3.65. The topological polar surface area (TPSA) is 66.9 Å². The van der Waals surface area contributed by atoms with Gasteiger partial charge in [0.25, 0.3) is 5.91 Å². The molecule has 3 rings (SSSR count). The molecule has 1 aromatic heterocycles. The van der Waals surface area contributed by atoms with Gasteiger partial charge in [-0.1, -0.05) is 6.07 Å². The zero-order valence-corrected chi connectivity index (χ0v) is 12.2. The molecule has 0 spiro atoms. The smallest absolute Gasteiger partial charge is 0.270 e. The van der Waals surface area contributed by atoms with E-state index in [-0.39, 0.29) is 5.91 Å². The van der Waals surface area contributed by atoms with Crippen LogP contribution in [0.5, 0.6) is 0 Å². The Balaban J connectivity index is 1.77. The molecule has 0 atom stereocenters. The maximum Gasteiger partial charge on any atom is 0.270 e. The fraction of sp³-hybridized carbons (Fsp3) is 0.312. The summed E-state index contributed by atoms with van der Waals surface area (Å²) in [5.74, 6) is 0.298. The summed E-state index contributed by atoms with van der Waals surface area (Å²) >= 11 is 0. The van der Waals surface area contributed by atoms with Gasteiger partial charge in [-0.05, 0) is 56.0 Å². The summed E-state index contributed by atoms with van der Waals surface area (Å²) in [7, 11) is 0. The molecule has 1 amide bonds. The first-order valence-electron chi connectivity index (χ1n) is 7.09. The van der Waals surface area contributed by atoms with Gasteiger partial charge in [-0.25, -0.2) is 9.97 Å². The summed E-state index contributed by atoms with van der Waals surface area (Å²) in [6, 6.07) is 8.10. The van der Waals surface area contributed by atoms with Gasteiger partial charge in [-0.2, -0.15) is 0 Å². The van der Waals surface area contributed by atoms with E-state index in [1.54, 1.807) is 12.3 Å². The molecule has 1 fully saturated rings. The molecule has 0 bridgehead atoms. The zero-order chi connectivity index (χ0) is 14.8. The third-order valence-electron chi connectivity index (χ3n) is 3.28. The van der Waals surface area contributed by atoms with Crippen LogP contribution in [0.3, 0.4) is 0 Å². The number of nitrogens with zero attached hydrogens (tertiary/aromatic N) is 2. The maximum absolute atomic E-state index is 12.0. The van der Waals surface area contributed by atoms with E-state index in [0.29, 0.717) is 17.7 Å². The highest BCUT2D eigenvalue weighted by Gasteiger charge is 2.24. The van der Waals surface area contributed by atoms with E-state index < -0.39 is 0 Å². The molecule has 0 saturated heterocycles. The van der Waals surface area contributed by atoms with Crippen molar-refractivity contribution in [3.05, 3.63) is 47.3 Å². The summed E-state index contributed by atoms with van der Waals surface area (Å²) in [6.07, 6.45) is 3.72. The number of hydrogen-bond donors (Lipinski definition) is 2. The molecule has 21 heavy (non-hydrogen) atoms. The Kier molecular flexibility index (Phi) is 3.56. The van der Waals surface area contributed by atoms with Gasteiger partial charge in [0.2, 0.25) is 5.95 Å². The number of carbonyl (C=O) groups excluding carboxylic acids is 1. The second-order valence-corrected chi connectivity index (χ2v) is 5.51. The molecular weight excluding hydrogens is 264 g/mol. The van der Waals surface area contributed by atoms with E-state index in [4.69, 9.17) is 0 Å². The number of nitrogens with one attached hydrogen (secondary N) is 2. The molecular formula is C16H18N4O. The van der Waals surface area contributed by atoms with Gasteiger partial charge in [-0.15, -0.1) is 0 Å². The Morgan fingerprint density at radius 2 is 1.90 bits per heavy atom. The Labute approximate surface area is 123 Å². The van der Waals surface area contributed by atoms with Gasteiger partial charge in [0.15, 0.2) is 0 Å². The molecule has 0 aliphatic heterocycles. The highest BCUT2D eigenvalue weighted by atomic mass is 16.2. The molecule has 5 heteroatoms. The minimum atomic E-state index is -0.136. The number of hydrogen-bond acceptors (Lipinski definition) is 4. The molecule has 1 heterocycles. The first kappa shape index (κ1) is 13.5. The van der Waals surface area contributed by atoms with Gasteiger partial charge in [0.05, 0.1) is 0 Å². The van der Waals surface area contributed by atoms with E-state index in [2.05, 4.69) is 26.7 Å². The van der Waals surface area contributed by atoms with Gasteiger partial charge in [-0.3, -0.25) is 4.79 Å². The Hall–Kier alpha value is -2.43. The fourth-order valence-corrected chi connectivity index (χ4v) is 2.21. The molecule has 1 aromatic carbocycles. The molecule has 2 N–H and O–H groups in total. The minimum absolute atomic E-state index is 0.136. The van der Waals surface area contributed by atoms with Crippen LogP contribution in [0.2, 0.25) is 0 Å². The van der Waals surface area contributed by atoms with Crippen LogP contribution < -0.4 is 10.6 Å². The maximum atomic E-state index is 12.0. The Morgan fingerprint density at radius 1 is 1.19 bits per heavy atom. The SMILES string of the molecule is Cc1cc(C)cc(Nc2nccc(C(=O)NC3CC3)n2)c1. The van der Waals surface area contributed by atoms with Crippen molar-refractivity contribution in [2.24, 2.45) is 0 Å². The largest absolute Gasteiger partial charge is 0.348 e. The zero-order valence-electron chi connectivity index (χ0n) is 12.2. The lowest BCUT2D eigenvalue weighted by atomic mass is 10.1. The first-order chi connectivity index (χ1) is 10.1. The molecule has 1 aliphatic carbocycles. The standard InChI is InChI=1S/C16H18N4O/c1-10-7-11(2)9-13(8-10)19-16-17-6-5-14(20-16)15(21)18-12-3-4-12/h5-9,12H,3-4H2,1-2H3,(H,18,21)(H,17,19,20). The third-order valence-corrected chi connectivity index (χ3v) is 3.28. The van der Waals surface area contributed by atoms with E-state index in [1.165, 1.54) is 11.1 Å². The number of aryl methyl sites for hydroxylation is 2. The molecule has 0 radical (unpaired) electrons.